The fourth-order valence-electron chi connectivity index (χ4n) is 3.73. The molecular formula is C20H31ClFN3O3. The summed E-state index contributed by atoms with van der Waals surface area (Å²) in [5.41, 5.74) is 0.768. The number of carbonyl (C=O) groups excluding carboxylic acids is 1. The van der Waals surface area contributed by atoms with Crippen LogP contribution in [0.1, 0.15) is 31.7 Å². The van der Waals surface area contributed by atoms with Gasteiger partial charge in [0, 0.05) is 26.2 Å². The molecule has 2 rings (SSSR count). The van der Waals surface area contributed by atoms with E-state index in [9.17, 15) is 14.0 Å². The highest BCUT2D eigenvalue weighted by Gasteiger charge is 2.28. The Bertz CT molecular complexity index is 661. The van der Waals surface area contributed by atoms with Gasteiger partial charge in [-0.1, -0.05) is 12.1 Å². The van der Waals surface area contributed by atoms with Crippen LogP contribution >= 0.6 is 12.4 Å². The normalized spacial score (nSPS) is 18.8. The van der Waals surface area contributed by atoms with Crippen molar-refractivity contribution in [2.45, 2.75) is 44.8 Å². The van der Waals surface area contributed by atoms with Gasteiger partial charge in [0.1, 0.15) is 5.82 Å². The minimum atomic E-state index is -0.818. The standard InChI is InChI=1S/C20H30FN3O3.ClH/c1-15(20(27)23(3)13-16-6-4-7-17(21)12-16)24-10-5-8-18(9-11-24)22(2)14-19(25)26;/h4,6-7,12,15,18H,5,8-11,13-14H2,1-3H3,(H,25,26);1H. The van der Waals surface area contributed by atoms with Crippen molar-refractivity contribution in [3.8, 4) is 0 Å². The summed E-state index contributed by atoms with van der Waals surface area (Å²) in [6, 6.07) is 6.26. The van der Waals surface area contributed by atoms with Crippen molar-refractivity contribution in [2.75, 3.05) is 33.7 Å². The molecule has 1 fully saturated rings. The highest BCUT2D eigenvalue weighted by atomic mass is 35.5. The van der Waals surface area contributed by atoms with Crippen LogP contribution in [0.5, 0.6) is 0 Å². The van der Waals surface area contributed by atoms with Crippen molar-refractivity contribution in [1.29, 1.82) is 0 Å². The van der Waals surface area contributed by atoms with Gasteiger partial charge in [-0.15, -0.1) is 12.4 Å². The molecule has 2 unspecified atom stereocenters. The smallest absolute Gasteiger partial charge is 0.317 e. The van der Waals surface area contributed by atoms with Crippen LogP contribution in [0.15, 0.2) is 24.3 Å². The average molecular weight is 416 g/mol. The Morgan fingerprint density at radius 1 is 1.29 bits per heavy atom. The van der Waals surface area contributed by atoms with Gasteiger partial charge in [-0.05, 0) is 57.5 Å². The number of carbonyl (C=O) groups is 2. The number of likely N-dealkylation sites (tertiary alicyclic amines) is 1. The van der Waals surface area contributed by atoms with Gasteiger partial charge < -0.3 is 10.0 Å². The van der Waals surface area contributed by atoms with E-state index >= 15 is 0 Å². The molecule has 1 aromatic rings. The SMILES string of the molecule is CC(C(=O)N(C)Cc1cccc(F)c1)N1CCCC(N(C)CC(=O)O)CC1.Cl. The lowest BCUT2D eigenvalue weighted by Gasteiger charge is -2.31. The van der Waals surface area contributed by atoms with Crippen LogP contribution in [-0.4, -0.2) is 77.5 Å². The lowest BCUT2D eigenvalue weighted by molar-refractivity contribution is -0.138. The minimum Gasteiger partial charge on any atom is -0.480 e. The number of nitrogens with zero attached hydrogens (tertiary/aromatic N) is 3. The van der Waals surface area contributed by atoms with E-state index < -0.39 is 5.97 Å². The quantitative estimate of drug-likeness (QED) is 0.741. The number of carboxylic acid groups (broad SMARTS) is 1. The Kier molecular flexibility index (Phi) is 9.85. The van der Waals surface area contributed by atoms with E-state index in [1.165, 1.54) is 12.1 Å². The van der Waals surface area contributed by atoms with Crippen molar-refractivity contribution >= 4 is 24.3 Å². The minimum absolute atomic E-state index is 0. The molecule has 1 heterocycles. The topological polar surface area (TPSA) is 64.1 Å². The van der Waals surface area contributed by atoms with E-state index in [0.717, 1.165) is 37.9 Å². The summed E-state index contributed by atoms with van der Waals surface area (Å²) in [7, 11) is 3.58. The second kappa shape index (κ2) is 11.3. The maximum absolute atomic E-state index is 13.3. The molecule has 0 saturated carbocycles. The number of aliphatic carboxylic acids is 1. The molecule has 1 aliphatic heterocycles. The Labute approximate surface area is 172 Å². The van der Waals surface area contributed by atoms with Crippen molar-refractivity contribution in [1.82, 2.24) is 14.7 Å². The Morgan fingerprint density at radius 3 is 2.64 bits per heavy atom. The van der Waals surface area contributed by atoms with Crippen molar-refractivity contribution < 1.29 is 19.1 Å². The molecular weight excluding hydrogens is 385 g/mol. The van der Waals surface area contributed by atoms with E-state index in [1.807, 2.05) is 24.9 Å². The molecule has 8 heteroatoms. The first-order chi connectivity index (χ1) is 12.8. The van der Waals surface area contributed by atoms with Crippen LogP contribution < -0.4 is 0 Å². The van der Waals surface area contributed by atoms with Gasteiger partial charge in [-0.25, -0.2) is 4.39 Å². The van der Waals surface area contributed by atoms with Gasteiger partial charge in [0.25, 0.3) is 0 Å². The molecule has 2 atom stereocenters. The molecule has 158 valence electrons. The molecule has 0 aromatic heterocycles. The molecule has 1 aromatic carbocycles. The summed E-state index contributed by atoms with van der Waals surface area (Å²) in [5.74, 6) is -1.11. The summed E-state index contributed by atoms with van der Waals surface area (Å²) in [6.45, 7) is 3.90. The summed E-state index contributed by atoms with van der Waals surface area (Å²) >= 11 is 0. The number of likely N-dealkylation sites (N-methyl/N-ethyl adjacent to an activating group) is 2. The van der Waals surface area contributed by atoms with Gasteiger partial charge in [0.05, 0.1) is 12.6 Å². The zero-order chi connectivity index (χ0) is 20.0. The number of carboxylic acids is 1. The monoisotopic (exact) mass is 415 g/mol. The summed E-state index contributed by atoms with van der Waals surface area (Å²) < 4.78 is 13.3. The zero-order valence-electron chi connectivity index (χ0n) is 16.8. The predicted molar refractivity (Wildman–Crippen MR) is 109 cm³/mol. The number of hydrogen-bond acceptors (Lipinski definition) is 4. The summed E-state index contributed by atoms with van der Waals surface area (Å²) in [6.07, 6.45) is 2.70. The van der Waals surface area contributed by atoms with Crippen molar-refractivity contribution in [3.05, 3.63) is 35.6 Å². The van der Waals surface area contributed by atoms with E-state index in [0.29, 0.717) is 6.54 Å². The maximum Gasteiger partial charge on any atom is 0.317 e. The summed E-state index contributed by atoms with van der Waals surface area (Å²) in [5, 5.41) is 8.97. The van der Waals surface area contributed by atoms with Gasteiger partial charge in [0.15, 0.2) is 0 Å². The predicted octanol–water partition coefficient (Wildman–Crippen LogP) is 2.47. The number of benzene rings is 1. The number of halogens is 2. The highest BCUT2D eigenvalue weighted by molar-refractivity contribution is 5.85. The first-order valence-electron chi connectivity index (χ1n) is 9.43. The Balaban J connectivity index is 0.00000392. The molecule has 1 saturated heterocycles. The van der Waals surface area contributed by atoms with E-state index in [-0.39, 0.29) is 42.8 Å². The molecule has 6 nitrogen and oxygen atoms in total. The number of amides is 1. The van der Waals surface area contributed by atoms with Crippen LogP contribution in [0.3, 0.4) is 0 Å². The molecule has 28 heavy (non-hydrogen) atoms. The third kappa shape index (κ3) is 7.04. The van der Waals surface area contributed by atoms with Gasteiger partial charge in [0.2, 0.25) is 5.91 Å². The van der Waals surface area contributed by atoms with Gasteiger partial charge >= 0.3 is 5.97 Å². The van der Waals surface area contributed by atoms with Crippen LogP contribution in [0.25, 0.3) is 0 Å². The van der Waals surface area contributed by atoms with E-state index in [2.05, 4.69) is 4.90 Å². The Morgan fingerprint density at radius 2 is 2.00 bits per heavy atom. The fraction of sp³-hybridized carbons (Fsp3) is 0.600. The van der Waals surface area contributed by atoms with E-state index in [4.69, 9.17) is 5.11 Å². The third-order valence-corrected chi connectivity index (χ3v) is 5.33. The molecule has 1 aliphatic rings. The molecule has 0 bridgehead atoms. The second-order valence-electron chi connectivity index (χ2n) is 7.43. The lowest BCUT2D eigenvalue weighted by atomic mass is 10.1. The average Bonchev–Trinajstić information content (AvgIpc) is 2.86. The van der Waals surface area contributed by atoms with Gasteiger partial charge in [-0.2, -0.15) is 0 Å². The Hall–Kier alpha value is -1.70. The lowest BCUT2D eigenvalue weighted by Crippen LogP contribution is -2.46. The molecule has 1 amide bonds. The van der Waals surface area contributed by atoms with Crippen LogP contribution in [0.2, 0.25) is 0 Å². The van der Waals surface area contributed by atoms with Crippen LogP contribution in [0.4, 0.5) is 4.39 Å². The van der Waals surface area contributed by atoms with E-state index in [1.54, 1.807) is 18.0 Å². The third-order valence-electron chi connectivity index (χ3n) is 5.33. The molecule has 0 aliphatic carbocycles. The van der Waals surface area contributed by atoms with Crippen molar-refractivity contribution in [2.24, 2.45) is 0 Å². The maximum atomic E-state index is 13.3. The highest BCUT2D eigenvalue weighted by Crippen LogP contribution is 2.18. The number of hydrogen-bond donors (Lipinski definition) is 1. The van der Waals surface area contributed by atoms with Crippen LogP contribution in [-0.2, 0) is 16.1 Å². The number of rotatable bonds is 7. The fourth-order valence-corrected chi connectivity index (χ4v) is 3.73. The first kappa shape index (κ1) is 24.3. The summed E-state index contributed by atoms with van der Waals surface area (Å²) in [4.78, 5) is 29.4. The largest absolute Gasteiger partial charge is 0.480 e. The van der Waals surface area contributed by atoms with Crippen molar-refractivity contribution in [3.63, 3.8) is 0 Å². The van der Waals surface area contributed by atoms with Gasteiger partial charge in [-0.3, -0.25) is 19.4 Å². The second-order valence-corrected chi connectivity index (χ2v) is 7.43. The first-order valence-corrected chi connectivity index (χ1v) is 9.43. The zero-order valence-corrected chi connectivity index (χ0v) is 17.6. The molecule has 0 spiro atoms. The molecule has 0 radical (unpaired) electrons. The molecule has 1 N–H and O–H groups in total. The van der Waals surface area contributed by atoms with Crippen LogP contribution in [0, 0.1) is 5.82 Å².